The first-order valence-corrected chi connectivity index (χ1v) is 9.54. The maximum Gasteiger partial charge on any atom is 0.317 e. The lowest BCUT2D eigenvalue weighted by atomic mass is 10.1. The average Bonchev–Trinajstić information content (AvgIpc) is 2.86. The van der Waals surface area contributed by atoms with Gasteiger partial charge in [-0.05, 0) is 25.3 Å². The number of amides is 2. The second-order valence-corrected chi connectivity index (χ2v) is 7.39. The Morgan fingerprint density at radius 3 is 2.25 bits per heavy atom. The van der Waals surface area contributed by atoms with Crippen LogP contribution in [0.5, 0.6) is 0 Å². The highest BCUT2D eigenvalue weighted by atomic mass is 16.2. The maximum atomic E-state index is 12.5. The van der Waals surface area contributed by atoms with Crippen LogP contribution in [0.1, 0.15) is 49.7 Å². The summed E-state index contributed by atoms with van der Waals surface area (Å²) in [4.78, 5) is 16.9. The number of hydrogen-bond acceptors (Lipinski definition) is 2. The molecule has 4 heteroatoms. The number of carbonyl (C=O) groups excluding carboxylic acids is 1. The number of carbonyl (C=O) groups is 1. The molecule has 2 fully saturated rings. The van der Waals surface area contributed by atoms with Crippen molar-refractivity contribution >= 4 is 6.03 Å². The third-order valence-corrected chi connectivity index (χ3v) is 5.37. The third kappa shape index (κ3) is 4.97. The van der Waals surface area contributed by atoms with E-state index in [1.807, 2.05) is 4.90 Å². The van der Waals surface area contributed by atoms with Gasteiger partial charge in [0.2, 0.25) is 0 Å². The molecule has 1 saturated heterocycles. The minimum atomic E-state index is 0.150. The van der Waals surface area contributed by atoms with Crippen molar-refractivity contribution in [2.24, 2.45) is 0 Å². The Morgan fingerprint density at radius 2 is 1.62 bits per heavy atom. The van der Waals surface area contributed by atoms with Crippen molar-refractivity contribution in [2.45, 2.75) is 58.0 Å². The van der Waals surface area contributed by atoms with Crippen molar-refractivity contribution in [1.82, 2.24) is 15.1 Å². The highest BCUT2D eigenvalue weighted by Crippen LogP contribution is 2.17. The number of rotatable bonds is 3. The number of urea groups is 1. The minimum absolute atomic E-state index is 0.150. The van der Waals surface area contributed by atoms with Gasteiger partial charge >= 0.3 is 6.03 Å². The summed E-state index contributed by atoms with van der Waals surface area (Å²) in [6.07, 6.45) is 7.47. The zero-order valence-electron chi connectivity index (χ0n) is 15.0. The van der Waals surface area contributed by atoms with Crippen molar-refractivity contribution in [3.05, 3.63) is 35.4 Å². The molecule has 1 heterocycles. The van der Waals surface area contributed by atoms with Crippen LogP contribution in [0.4, 0.5) is 4.79 Å². The predicted molar refractivity (Wildman–Crippen MR) is 98.1 cm³/mol. The van der Waals surface area contributed by atoms with Crippen molar-refractivity contribution < 1.29 is 4.79 Å². The van der Waals surface area contributed by atoms with E-state index in [4.69, 9.17) is 0 Å². The lowest BCUT2D eigenvalue weighted by Gasteiger charge is -2.35. The zero-order valence-corrected chi connectivity index (χ0v) is 15.0. The summed E-state index contributed by atoms with van der Waals surface area (Å²) >= 11 is 0. The van der Waals surface area contributed by atoms with Gasteiger partial charge < -0.3 is 10.2 Å². The summed E-state index contributed by atoms with van der Waals surface area (Å²) in [5.74, 6) is 0. The highest BCUT2D eigenvalue weighted by Gasteiger charge is 2.23. The van der Waals surface area contributed by atoms with Crippen LogP contribution in [0.25, 0.3) is 0 Å². The van der Waals surface area contributed by atoms with Crippen molar-refractivity contribution in [3.63, 3.8) is 0 Å². The molecule has 1 N–H and O–H groups in total. The van der Waals surface area contributed by atoms with Crippen LogP contribution in [0.3, 0.4) is 0 Å². The van der Waals surface area contributed by atoms with Gasteiger partial charge in [0.1, 0.15) is 0 Å². The van der Waals surface area contributed by atoms with E-state index in [9.17, 15) is 4.79 Å². The van der Waals surface area contributed by atoms with Gasteiger partial charge in [0.05, 0.1) is 0 Å². The summed E-state index contributed by atoms with van der Waals surface area (Å²) in [6, 6.07) is 9.31. The Labute approximate surface area is 146 Å². The molecule has 1 aliphatic carbocycles. The predicted octanol–water partition coefficient (Wildman–Crippen LogP) is 3.55. The standard InChI is InChI=1S/C20H31N3O/c1-17-8-10-18(11-9-17)16-22-12-14-23(15-13-22)20(24)21-19-6-4-2-3-5-7-19/h8-11,19H,2-7,12-16H2,1H3,(H,21,24). The summed E-state index contributed by atoms with van der Waals surface area (Å²) in [6.45, 7) is 6.71. The molecule has 2 aliphatic rings. The van der Waals surface area contributed by atoms with E-state index in [1.165, 1.54) is 36.8 Å². The van der Waals surface area contributed by atoms with E-state index in [0.717, 1.165) is 45.6 Å². The van der Waals surface area contributed by atoms with Crippen LogP contribution in [0.15, 0.2) is 24.3 Å². The maximum absolute atomic E-state index is 12.5. The molecule has 0 atom stereocenters. The van der Waals surface area contributed by atoms with Crippen LogP contribution in [0, 0.1) is 6.92 Å². The molecule has 0 aromatic heterocycles. The van der Waals surface area contributed by atoms with Gasteiger partial charge in [0, 0.05) is 38.8 Å². The van der Waals surface area contributed by atoms with E-state index < -0.39 is 0 Å². The molecule has 2 amide bonds. The first kappa shape index (κ1) is 17.3. The second kappa shape index (κ2) is 8.52. The molecule has 0 radical (unpaired) electrons. The molecular weight excluding hydrogens is 298 g/mol. The molecule has 0 unspecified atom stereocenters. The number of piperazine rings is 1. The Balaban J connectivity index is 1.42. The smallest absolute Gasteiger partial charge is 0.317 e. The highest BCUT2D eigenvalue weighted by molar-refractivity contribution is 5.74. The largest absolute Gasteiger partial charge is 0.335 e. The molecule has 1 aromatic rings. The van der Waals surface area contributed by atoms with E-state index in [0.29, 0.717) is 6.04 Å². The van der Waals surface area contributed by atoms with Crippen LogP contribution in [-0.4, -0.2) is 48.1 Å². The molecule has 0 bridgehead atoms. The Hall–Kier alpha value is -1.55. The molecule has 1 saturated carbocycles. The third-order valence-electron chi connectivity index (χ3n) is 5.37. The molecular formula is C20H31N3O. The molecule has 132 valence electrons. The quantitative estimate of drug-likeness (QED) is 0.861. The van der Waals surface area contributed by atoms with Gasteiger partial charge in [-0.15, -0.1) is 0 Å². The molecule has 0 spiro atoms. The van der Waals surface area contributed by atoms with E-state index in [2.05, 4.69) is 41.4 Å². The molecule has 3 rings (SSSR count). The Kier molecular flexibility index (Phi) is 6.13. The molecule has 1 aromatic carbocycles. The first-order valence-electron chi connectivity index (χ1n) is 9.54. The average molecular weight is 329 g/mol. The van der Waals surface area contributed by atoms with E-state index in [1.54, 1.807) is 0 Å². The van der Waals surface area contributed by atoms with Crippen LogP contribution >= 0.6 is 0 Å². The molecule has 1 aliphatic heterocycles. The topological polar surface area (TPSA) is 35.6 Å². The van der Waals surface area contributed by atoms with Crippen LogP contribution < -0.4 is 5.32 Å². The number of aryl methyl sites for hydroxylation is 1. The summed E-state index contributed by atoms with van der Waals surface area (Å²) in [7, 11) is 0. The van der Waals surface area contributed by atoms with E-state index in [-0.39, 0.29) is 6.03 Å². The van der Waals surface area contributed by atoms with Crippen LogP contribution in [-0.2, 0) is 6.54 Å². The number of benzene rings is 1. The van der Waals surface area contributed by atoms with Crippen LogP contribution in [0.2, 0.25) is 0 Å². The Morgan fingerprint density at radius 1 is 1.00 bits per heavy atom. The number of nitrogens with one attached hydrogen (secondary N) is 1. The second-order valence-electron chi connectivity index (χ2n) is 7.39. The lowest BCUT2D eigenvalue weighted by Crippen LogP contribution is -2.53. The van der Waals surface area contributed by atoms with Gasteiger partial charge in [0.15, 0.2) is 0 Å². The monoisotopic (exact) mass is 329 g/mol. The van der Waals surface area contributed by atoms with Gasteiger partial charge in [-0.2, -0.15) is 0 Å². The summed E-state index contributed by atoms with van der Waals surface area (Å²) in [5, 5.41) is 3.27. The number of nitrogens with zero attached hydrogens (tertiary/aromatic N) is 2. The fourth-order valence-corrected chi connectivity index (χ4v) is 3.75. The molecule has 24 heavy (non-hydrogen) atoms. The van der Waals surface area contributed by atoms with Crippen molar-refractivity contribution in [2.75, 3.05) is 26.2 Å². The van der Waals surface area contributed by atoms with Gasteiger partial charge in [-0.1, -0.05) is 55.5 Å². The van der Waals surface area contributed by atoms with E-state index >= 15 is 0 Å². The molecule has 4 nitrogen and oxygen atoms in total. The summed E-state index contributed by atoms with van der Waals surface area (Å²) < 4.78 is 0. The van der Waals surface area contributed by atoms with Gasteiger partial charge in [-0.25, -0.2) is 4.79 Å². The lowest BCUT2D eigenvalue weighted by molar-refractivity contribution is 0.132. The fourth-order valence-electron chi connectivity index (χ4n) is 3.75. The van der Waals surface area contributed by atoms with Gasteiger partial charge in [-0.3, -0.25) is 4.90 Å². The van der Waals surface area contributed by atoms with Gasteiger partial charge in [0.25, 0.3) is 0 Å². The minimum Gasteiger partial charge on any atom is -0.335 e. The zero-order chi connectivity index (χ0) is 16.8. The fraction of sp³-hybridized carbons (Fsp3) is 0.650. The normalized spacial score (nSPS) is 20.6. The number of hydrogen-bond donors (Lipinski definition) is 1. The summed E-state index contributed by atoms with van der Waals surface area (Å²) in [5.41, 5.74) is 2.66. The van der Waals surface area contributed by atoms with Crippen molar-refractivity contribution in [3.8, 4) is 0 Å². The van der Waals surface area contributed by atoms with Crippen molar-refractivity contribution in [1.29, 1.82) is 0 Å². The Bertz CT molecular complexity index is 512. The first-order chi connectivity index (χ1) is 11.7. The SMILES string of the molecule is Cc1ccc(CN2CCN(C(=O)NC3CCCCCC3)CC2)cc1.